The summed E-state index contributed by atoms with van der Waals surface area (Å²) in [6, 6.07) is 5.51. The molecule has 6 heteroatoms. The zero-order valence-electron chi connectivity index (χ0n) is 11.5. The van der Waals surface area contributed by atoms with Crippen LogP contribution >= 0.6 is 0 Å². The highest BCUT2D eigenvalue weighted by molar-refractivity contribution is 5.93. The molecule has 0 atom stereocenters. The van der Waals surface area contributed by atoms with Gasteiger partial charge in [-0.3, -0.25) is 9.59 Å². The van der Waals surface area contributed by atoms with Gasteiger partial charge in [0.15, 0.2) is 0 Å². The van der Waals surface area contributed by atoms with Gasteiger partial charge >= 0.3 is 5.97 Å². The molecule has 0 spiro atoms. The van der Waals surface area contributed by atoms with Crippen LogP contribution in [0.5, 0.6) is 0 Å². The maximum Gasteiger partial charge on any atom is 0.303 e. The minimum absolute atomic E-state index is 0.0123. The van der Waals surface area contributed by atoms with E-state index >= 15 is 0 Å². The summed E-state index contributed by atoms with van der Waals surface area (Å²) in [7, 11) is 0. The van der Waals surface area contributed by atoms with Crippen LogP contribution in [0.3, 0.4) is 0 Å². The molecule has 106 valence electrons. The number of hydrogen-bond donors (Lipinski definition) is 2. The predicted octanol–water partition coefficient (Wildman–Crippen LogP) is 1.71. The van der Waals surface area contributed by atoms with Gasteiger partial charge in [0.05, 0.1) is 0 Å². The van der Waals surface area contributed by atoms with Crippen molar-refractivity contribution in [3.63, 3.8) is 0 Å². The summed E-state index contributed by atoms with van der Waals surface area (Å²) in [4.78, 5) is 27.0. The number of aromatic nitrogens is 2. The number of carboxylic acids is 1. The first-order chi connectivity index (χ1) is 9.37. The quantitative estimate of drug-likeness (QED) is 0.870. The molecule has 20 heavy (non-hydrogen) atoms. The van der Waals surface area contributed by atoms with Crippen molar-refractivity contribution in [1.29, 1.82) is 0 Å². The highest BCUT2D eigenvalue weighted by Gasteiger charge is 2.23. The molecule has 2 aromatic heterocycles. The molecule has 0 aromatic carbocycles. The highest BCUT2D eigenvalue weighted by Crippen LogP contribution is 2.13. The first-order valence-electron chi connectivity index (χ1n) is 6.35. The molecule has 1 amide bonds. The molecule has 0 aliphatic rings. The van der Waals surface area contributed by atoms with Crippen molar-refractivity contribution in [3.8, 4) is 0 Å². The van der Waals surface area contributed by atoms with Crippen molar-refractivity contribution in [2.24, 2.45) is 0 Å². The third-order valence-electron chi connectivity index (χ3n) is 3.01. The van der Waals surface area contributed by atoms with E-state index in [2.05, 4.69) is 10.3 Å². The summed E-state index contributed by atoms with van der Waals surface area (Å²) in [5.74, 6) is -1.18. The number of nitrogens with one attached hydrogen (secondary N) is 1. The maximum atomic E-state index is 12.1. The number of aliphatic carboxylic acids is 1. The molecule has 6 nitrogen and oxygen atoms in total. The third kappa shape index (κ3) is 3.34. The molecular formula is C14H17N3O3. The van der Waals surface area contributed by atoms with E-state index in [1.807, 2.05) is 24.4 Å². The molecular weight excluding hydrogens is 258 g/mol. The van der Waals surface area contributed by atoms with Crippen molar-refractivity contribution in [2.75, 3.05) is 0 Å². The van der Waals surface area contributed by atoms with Gasteiger partial charge in [0, 0.05) is 24.4 Å². The van der Waals surface area contributed by atoms with E-state index in [0.717, 1.165) is 0 Å². The smallest absolute Gasteiger partial charge is 0.303 e. The minimum Gasteiger partial charge on any atom is -0.481 e. The fraction of sp³-hybridized carbons (Fsp3) is 0.357. The van der Waals surface area contributed by atoms with E-state index in [4.69, 9.17) is 5.11 Å². The molecule has 2 heterocycles. The normalized spacial score (nSPS) is 11.5. The number of pyridine rings is 1. The average molecular weight is 275 g/mol. The SMILES string of the molecule is CC(C)(CCC(=O)O)NC(=O)c1cn2ccccc2n1. The second-order valence-electron chi connectivity index (χ2n) is 5.32. The zero-order chi connectivity index (χ0) is 14.8. The molecule has 0 radical (unpaired) electrons. The second kappa shape index (κ2) is 5.32. The molecule has 0 saturated heterocycles. The lowest BCUT2D eigenvalue weighted by atomic mass is 9.98. The molecule has 0 saturated carbocycles. The number of imidazole rings is 1. The molecule has 2 rings (SSSR count). The Hall–Kier alpha value is -2.37. The van der Waals surface area contributed by atoms with Crippen LogP contribution in [0.1, 0.15) is 37.2 Å². The van der Waals surface area contributed by atoms with Crippen LogP contribution in [0.4, 0.5) is 0 Å². The number of nitrogens with zero attached hydrogens (tertiary/aromatic N) is 2. The predicted molar refractivity (Wildman–Crippen MR) is 73.6 cm³/mol. The van der Waals surface area contributed by atoms with Crippen LogP contribution in [-0.2, 0) is 4.79 Å². The number of carbonyl (C=O) groups is 2. The van der Waals surface area contributed by atoms with Crippen LogP contribution in [0.15, 0.2) is 30.6 Å². The fourth-order valence-electron chi connectivity index (χ4n) is 1.90. The van der Waals surface area contributed by atoms with Crippen LogP contribution in [-0.4, -0.2) is 31.9 Å². The van der Waals surface area contributed by atoms with Crippen molar-refractivity contribution < 1.29 is 14.7 Å². The van der Waals surface area contributed by atoms with Gasteiger partial charge in [-0.15, -0.1) is 0 Å². The van der Waals surface area contributed by atoms with E-state index < -0.39 is 11.5 Å². The summed E-state index contributed by atoms with van der Waals surface area (Å²) in [6.45, 7) is 3.59. The van der Waals surface area contributed by atoms with Gasteiger partial charge in [-0.2, -0.15) is 0 Å². The van der Waals surface area contributed by atoms with Gasteiger partial charge in [0.2, 0.25) is 0 Å². The summed E-state index contributed by atoms with van der Waals surface area (Å²) < 4.78 is 1.76. The lowest BCUT2D eigenvalue weighted by Gasteiger charge is -2.25. The fourth-order valence-corrected chi connectivity index (χ4v) is 1.90. The molecule has 0 aliphatic heterocycles. The van der Waals surface area contributed by atoms with Crippen molar-refractivity contribution >= 4 is 17.5 Å². The maximum absolute atomic E-state index is 12.1. The number of carbonyl (C=O) groups excluding carboxylic acids is 1. The van der Waals surface area contributed by atoms with Crippen LogP contribution in [0.2, 0.25) is 0 Å². The summed E-state index contributed by atoms with van der Waals surface area (Å²) in [5.41, 5.74) is 0.422. The number of carboxylic acid groups (broad SMARTS) is 1. The van der Waals surface area contributed by atoms with E-state index in [9.17, 15) is 9.59 Å². The zero-order valence-corrected chi connectivity index (χ0v) is 11.5. The summed E-state index contributed by atoms with van der Waals surface area (Å²) in [5, 5.41) is 11.5. The van der Waals surface area contributed by atoms with Crippen LogP contribution in [0.25, 0.3) is 5.65 Å². The van der Waals surface area contributed by atoms with E-state index in [1.165, 1.54) is 0 Å². The molecule has 0 unspecified atom stereocenters. The van der Waals surface area contributed by atoms with E-state index in [0.29, 0.717) is 17.8 Å². The summed E-state index contributed by atoms with van der Waals surface area (Å²) >= 11 is 0. The Bertz CT molecular complexity index is 613. The molecule has 2 N–H and O–H groups in total. The largest absolute Gasteiger partial charge is 0.481 e. The van der Waals surface area contributed by atoms with Gasteiger partial charge in [0.25, 0.3) is 5.91 Å². The Morgan fingerprint density at radius 2 is 2.15 bits per heavy atom. The Balaban J connectivity index is 2.09. The molecule has 0 aliphatic carbocycles. The number of hydrogen-bond acceptors (Lipinski definition) is 3. The Morgan fingerprint density at radius 1 is 1.40 bits per heavy atom. The number of amides is 1. The van der Waals surface area contributed by atoms with E-state index in [1.54, 1.807) is 24.4 Å². The topological polar surface area (TPSA) is 83.7 Å². The van der Waals surface area contributed by atoms with Gasteiger partial charge in [0.1, 0.15) is 11.3 Å². The molecule has 2 aromatic rings. The Morgan fingerprint density at radius 3 is 2.80 bits per heavy atom. The third-order valence-corrected chi connectivity index (χ3v) is 3.01. The minimum atomic E-state index is -0.875. The molecule has 0 bridgehead atoms. The lowest BCUT2D eigenvalue weighted by molar-refractivity contribution is -0.137. The van der Waals surface area contributed by atoms with Crippen molar-refractivity contribution in [3.05, 3.63) is 36.3 Å². The first kappa shape index (κ1) is 14.0. The Labute approximate surface area is 116 Å². The van der Waals surface area contributed by atoms with Gasteiger partial charge < -0.3 is 14.8 Å². The van der Waals surface area contributed by atoms with Gasteiger partial charge in [-0.25, -0.2) is 4.98 Å². The number of fused-ring (bicyclic) bond motifs is 1. The first-order valence-corrected chi connectivity index (χ1v) is 6.35. The second-order valence-corrected chi connectivity index (χ2v) is 5.32. The standard InChI is InChI=1S/C14H17N3O3/c1-14(2,7-6-12(18)19)16-13(20)10-9-17-8-4-3-5-11(17)15-10/h3-5,8-9H,6-7H2,1-2H3,(H,16,20)(H,18,19). The average Bonchev–Trinajstić information content (AvgIpc) is 2.80. The van der Waals surface area contributed by atoms with Crippen molar-refractivity contribution in [1.82, 2.24) is 14.7 Å². The Kier molecular flexibility index (Phi) is 3.74. The van der Waals surface area contributed by atoms with E-state index in [-0.39, 0.29) is 12.3 Å². The highest BCUT2D eigenvalue weighted by atomic mass is 16.4. The monoisotopic (exact) mass is 275 g/mol. The van der Waals surface area contributed by atoms with Crippen LogP contribution in [0, 0.1) is 0 Å². The summed E-state index contributed by atoms with van der Waals surface area (Å²) in [6.07, 6.45) is 3.84. The van der Waals surface area contributed by atoms with Gasteiger partial charge in [-0.1, -0.05) is 6.07 Å². The number of rotatable bonds is 5. The van der Waals surface area contributed by atoms with Crippen LogP contribution < -0.4 is 5.32 Å². The van der Waals surface area contributed by atoms with Crippen molar-refractivity contribution in [2.45, 2.75) is 32.2 Å². The molecule has 0 fully saturated rings. The van der Waals surface area contributed by atoms with Gasteiger partial charge in [-0.05, 0) is 32.4 Å². The lowest BCUT2D eigenvalue weighted by Crippen LogP contribution is -2.43.